The van der Waals surface area contributed by atoms with E-state index in [1.165, 1.54) is 6.07 Å². The number of aromatic hydroxyl groups is 1. The Morgan fingerprint density at radius 2 is 2.23 bits per heavy atom. The minimum absolute atomic E-state index is 0.530. The Kier molecular flexibility index (Phi) is 2.28. The van der Waals surface area contributed by atoms with Crippen molar-refractivity contribution in [3.8, 4) is 11.8 Å². The third kappa shape index (κ3) is 1.64. The molecule has 4 nitrogen and oxygen atoms in total. The average Bonchev–Trinajstić information content (AvgIpc) is 2.08. The molecule has 1 rings (SSSR count). The van der Waals surface area contributed by atoms with Gasteiger partial charge in [0.2, 0.25) is 0 Å². The second-order valence-electron chi connectivity index (χ2n) is 2.23. The smallest absolute Gasteiger partial charge is 0.291 e. The van der Waals surface area contributed by atoms with Crippen molar-refractivity contribution >= 4 is 0 Å². The molecule has 0 fully saturated rings. The number of nitrogens with zero attached hydrogens (tertiary/aromatic N) is 1. The van der Waals surface area contributed by atoms with Crippen LogP contribution < -0.4 is 5.56 Å². The van der Waals surface area contributed by atoms with Crippen LogP contribution in [0.2, 0.25) is 0 Å². The first kappa shape index (κ1) is 9.19. The fourth-order valence-corrected chi connectivity index (χ4v) is 0.799. The van der Waals surface area contributed by atoms with Gasteiger partial charge in [-0.3, -0.25) is 4.79 Å². The van der Waals surface area contributed by atoms with E-state index >= 15 is 0 Å². The highest BCUT2D eigenvalue weighted by atomic mass is 19.3. The zero-order chi connectivity index (χ0) is 10.0. The number of halogens is 2. The summed E-state index contributed by atoms with van der Waals surface area (Å²) in [4.78, 5) is 12.5. The Morgan fingerprint density at radius 1 is 1.62 bits per heavy atom. The third-order valence-electron chi connectivity index (χ3n) is 1.40. The molecule has 0 spiro atoms. The molecular formula is C7H4F2N2O2. The third-order valence-corrected chi connectivity index (χ3v) is 1.40. The number of hydrogen-bond donors (Lipinski definition) is 2. The summed E-state index contributed by atoms with van der Waals surface area (Å²) in [6, 6.07) is 1.98. The first-order valence-electron chi connectivity index (χ1n) is 3.20. The van der Waals surface area contributed by atoms with E-state index in [0.29, 0.717) is 6.07 Å². The summed E-state index contributed by atoms with van der Waals surface area (Å²) in [5, 5.41) is 17.1. The largest absolute Gasteiger partial charge is 0.503 e. The molecule has 0 bridgehead atoms. The fourth-order valence-electron chi connectivity index (χ4n) is 0.799. The van der Waals surface area contributed by atoms with Gasteiger partial charge >= 0.3 is 0 Å². The second-order valence-corrected chi connectivity index (χ2v) is 2.23. The monoisotopic (exact) mass is 186 g/mol. The predicted molar refractivity (Wildman–Crippen MR) is 38.4 cm³/mol. The first-order valence-corrected chi connectivity index (χ1v) is 3.20. The van der Waals surface area contributed by atoms with Gasteiger partial charge in [0.1, 0.15) is 11.8 Å². The summed E-state index contributed by atoms with van der Waals surface area (Å²) in [5.41, 5.74) is -2.17. The van der Waals surface area contributed by atoms with Gasteiger partial charge in [0, 0.05) is 0 Å². The highest BCUT2D eigenvalue weighted by molar-refractivity contribution is 5.36. The summed E-state index contributed by atoms with van der Waals surface area (Å²) < 4.78 is 24.3. The number of hydrogen-bond acceptors (Lipinski definition) is 3. The van der Waals surface area contributed by atoms with Crippen LogP contribution in [0.25, 0.3) is 0 Å². The van der Waals surface area contributed by atoms with Gasteiger partial charge in [-0.1, -0.05) is 0 Å². The van der Waals surface area contributed by atoms with E-state index in [2.05, 4.69) is 0 Å². The van der Waals surface area contributed by atoms with E-state index in [1.807, 2.05) is 4.98 Å². The molecule has 0 unspecified atom stereocenters. The molecule has 0 aliphatic carbocycles. The van der Waals surface area contributed by atoms with E-state index in [4.69, 9.17) is 10.4 Å². The van der Waals surface area contributed by atoms with Crippen molar-refractivity contribution in [2.24, 2.45) is 0 Å². The van der Waals surface area contributed by atoms with Crippen LogP contribution in [0.3, 0.4) is 0 Å². The topological polar surface area (TPSA) is 76.9 Å². The molecule has 0 aromatic carbocycles. The lowest BCUT2D eigenvalue weighted by molar-refractivity contribution is 0.150. The molecule has 0 atom stereocenters. The van der Waals surface area contributed by atoms with Gasteiger partial charge in [0.05, 0.1) is 5.56 Å². The Bertz CT molecular complexity index is 419. The van der Waals surface area contributed by atoms with E-state index < -0.39 is 29.0 Å². The van der Waals surface area contributed by atoms with E-state index in [1.54, 1.807) is 0 Å². The number of aromatic nitrogens is 1. The highest BCUT2D eigenvalue weighted by Gasteiger charge is 2.15. The van der Waals surface area contributed by atoms with Gasteiger partial charge in [-0.15, -0.1) is 0 Å². The summed E-state index contributed by atoms with van der Waals surface area (Å²) in [7, 11) is 0. The fraction of sp³-hybridized carbons (Fsp3) is 0.143. The molecule has 0 saturated carbocycles. The summed E-state index contributed by atoms with van der Waals surface area (Å²) in [6.45, 7) is 0. The minimum Gasteiger partial charge on any atom is -0.503 e. The number of pyridine rings is 1. The molecule has 0 aliphatic heterocycles. The van der Waals surface area contributed by atoms with Crippen LogP contribution in [0.5, 0.6) is 5.75 Å². The summed E-state index contributed by atoms with van der Waals surface area (Å²) in [5.74, 6) is -0.825. The molecule has 0 aliphatic rings. The maximum Gasteiger partial charge on any atom is 0.291 e. The molecule has 1 heterocycles. The van der Waals surface area contributed by atoms with E-state index in [-0.39, 0.29) is 0 Å². The number of aromatic amines is 1. The lowest BCUT2D eigenvalue weighted by Crippen LogP contribution is -2.09. The van der Waals surface area contributed by atoms with Gasteiger partial charge in [-0.05, 0) is 6.07 Å². The van der Waals surface area contributed by atoms with Crippen molar-refractivity contribution in [3.05, 3.63) is 27.7 Å². The first-order chi connectivity index (χ1) is 6.06. The second kappa shape index (κ2) is 3.23. The maximum atomic E-state index is 12.1. The molecule has 1 aromatic heterocycles. The lowest BCUT2D eigenvalue weighted by Gasteiger charge is -2.01. The SMILES string of the molecule is N#Cc1[nH]c(=O)c(O)cc1C(F)F. The van der Waals surface area contributed by atoms with Crippen LogP contribution in [0.1, 0.15) is 17.7 Å². The number of nitrogens with one attached hydrogen (secondary N) is 1. The number of rotatable bonds is 1. The summed E-state index contributed by atoms with van der Waals surface area (Å²) in [6.07, 6.45) is -2.91. The number of alkyl halides is 2. The molecule has 6 heteroatoms. The van der Waals surface area contributed by atoms with Gasteiger partial charge in [-0.2, -0.15) is 5.26 Å². The molecule has 13 heavy (non-hydrogen) atoms. The van der Waals surface area contributed by atoms with Crippen molar-refractivity contribution in [2.45, 2.75) is 6.43 Å². The van der Waals surface area contributed by atoms with E-state index in [9.17, 15) is 13.6 Å². The Balaban J connectivity index is 3.44. The van der Waals surface area contributed by atoms with Gasteiger partial charge in [0.15, 0.2) is 5.75 Å². The maximum absolute atomic E-state index is 12.1. The van der Waals surface area contributed by atoms with Crippen LogP contribution >= 0.6 is 0 Å². The summed E-state index contributed by atoms with van der Waals surface area (Å²) >= 11 is 0. The minimum atomic E-state index is -2.91. The van der Waals surface area contributed by atoms with Crippen LogP contribution in [0, 0.1) is 11.3 Å². The molecule has 0 amide bonds. The highest BCUT2D eigenvalue weighted by Crippen LogP contribution is 2.22. The van der Waals surface area contributed by atoms with Crippen molar-refractivity contribution in [3.63, 3.8) is 0 Å². The average molecular weight is 186 g/mol. The normalized spacial score (nSPS) is 10.0. The van der Waals surface area contributed by atoms with Crippen LogP contribution in [-0.4, -0.2) is 10.1 Å². The van der Waals surface area contributed by atoms with E-state index in [0.717, 1.165) is 0 Å². The van der Waals surface area contributed by atoms with Crippen LogP contribution in [-0.2, 0) is 0 Å². The number of H-pyrrole nitrogens is 1. The molecule has 0 radical (unpaired) electrons. The van der Waals surface area contributed by atoms with Gasteiger partial charge in [-0.25, -0.2) is 8.78 Å². The number of nitriles is 1. The standard InChI is InChI=1S/C7H4F2N2O2/c8-6(9)3-1-5(12)7(13)11-4(3)2-10/h1,6,12H,(H,11,13). The van der Waals surface area contributed by atoms with Crippen molar-refractivity contribution in [1.29, 1.82) is 5.26 Å². The Labute approximate surface area is 71.1 Å². The Morgan fingerprint density at radius 3 is 2.69 bits per heavy atom. The van der Waals surface area contributed by atoms with Crippen molar-refractivity contribution < 1.29 is 13.9 Å². The predicted octanol–water partition coefficient (Wildman–Crippen LogP) is 0.890. The molecular weight excluding hydrogens is 182 g/mol. The van der Waals surface area contributed by atoms with Crippen LogP contribution in [0.15, 0.2) is 10.9 Å². The zero-order valence-corrected chi connectivity index (χ0v) is 6.21. The molecule has 68 valence electrons. The molecule has 0 saturated heterocycles. The van der Waals surface area contributed by atoms with Crippen molar-refractivity contribution in [2.75, 3.05) is 0 Å². The van der Waals surface area contributed by atoms with Crippen LogP contribution in [0.4, 0.5) is 8.78 Å². The van der Waals surface area contributed by atoms with Crippen molar-refractivity contribution in [1.82, 2.24) is 4.98 Å². The molecule has 2 N–H and O–H groups in total. The quantitative estimate of drug-likeness (QED) is 0.683. The van der Waals surface area contributed by atoms with Gasteiger partial charge < -0.3 is 10.1 Å². The Hall–Kier alpha value is -1.90. The molecule has 1 aromatic rings. The zero-order valence-electron chi connectivity index (χ0n) is 6.21. The van der Waals surface area contributed by atoms with Gasteiger partial charge in [0.25, 0.3) is 12.0 Å². The lowest BCUT2D eigenvalue weighted by atomic mass is 10.2.